The van der Waals surface area contributed by atoms with Crippen LogP contribution in [-0.4, -0.2) is 61.5 Å². The highest BCUT2D eigenvalue weighted by molar-refractivity contribution is 7.98. The number of fused-ring (bicyclic) bond motifs is 4. The van der Waals surface area contributed by atoms with Gasteiger partial charge in [-0.1, -0.05) is 30.3 Å². The van der Waals surface area contributed by atoms with Gasteiger partial charge in [0.15, 0.2) is 5.69 Å². The third-order valence-electron chi connectivity index (χ3n) is 7.00. The molecule has 1 fully saturated rings. The SMILES string of the molecule is COC(=O)OCOc1c2n(ccc1=O)N([C@@H]1c3ccccc3SCc3c(F)cccc31)[C@@H]1COCCN1C2=O. The Kier molecular flexibility index (Phi) is 6.65. The summed E-state index contributed by atoms with van der Waals surface area (Å²) in [6, 6.07) is 13.6. The molecule has 1 aromatic heterocycles. The molecule has 10 nitrogen and oxygen atoms in total. The topological polar surface area (TPSA) is 99.5 Å². The largest absolute Gasteiger partial charge is 0.510 e. The van der Waals surface area contributed by atoms with E-state index in [0.717, 1.165) is 23.1 Å². The number of pyridine rings is 1. The van der Waals surface area contributed by atoms with Crippen LogP contribution in [0, 0.1) is 5.82 Å². The van der Waals surface area contributed by atoms with E-state index in [1.165, 1.54) is 18.3 Å². The number of halogens is 1. The molecule has 2 atom stereocenters. The van der Waals surface area contributed by atoms with E-state index in [4.69, 9.17) is 14.2 Å². The van der Waals surface area contributed by atoms with E-state index < -0.39 is 36.5 Å². The number of carbonyl (C=O) groups excluding carboxylic acids is 2. The predicted octanol–water partition coefficient (Wildman–Crippen LogP) is 3.25. The van der Waals surface area contributed by atoms with Crippen LogP contribution in [0.4, 0.5) is 9.18 Å². The number of rotatable bonds is 4. The average Bonchev–Trinajstić information content (AvgIpc) is 3.12. The van der Waals surface area contributed by atoms with Crippen molar-refractivity contribution in [1.29, 1.82) is 0 Å². The number of benzene rings is 2. The summed E-state index contributed by atoms with van der Waals surface area (Å²) in [5.74, 6) is -0.575. The number of hydrogen-bond donors (Lipinski definition) is 0. The molecule has 0 unspecified atom stereocenters. The second-order valence-corrected chi connectivity index (χ2v) is 10.1. The summed E-state index contributed by atoms with van der Waals surface area (Å²) in [5, 5.41) is 1.94. The molecular formula is C27H24FN3O7S. The molecule has 12 heteroatoms. The maximum Gasteiger partial charge on any atom is 0.510 e. The van der Waals surface area contributed by atoms with E-state index in [-0.39, 0.29) is 30.4 Å². The van der Waals surface area contributed by atoms with Crippen LogP contribution >= 0.6 is 11.8 Å². The first-order valence-electron chi connectivity index (χ1n) is 12.2. The molecule has 202 valence electrons. The lowest BCUT2D eigenvalue weighted by molar-refractivity contribution is -0.0209. The second-order valence-electron chi connectivity index (χ2n) is 9.03. The molecule has 3 aliphatic heterocycles. The number of aromatic nitrogens is 1. The van der Waals surface area contributed by atoms with Gasteiger partial charge >= 0.3 is 6.16 Å². The summed E-state index contributed by atoms with van der Waals surface area (Å²) >= 11 is 1.54. The van der Waals surface area contributed by atoms with E-state index in [1.807, 2.05) is 35.3 Å². The molecule has 0 aliphatic carbocycles. The quantitative estimate of drug-likeness (QED) is 0.356. The third-order valence-corrected chi connectivity index (χ3v) is 8.12. The molecule has 6 rings (SSSR count). The van der Waals surface area contributed by atoms with Crippen molar-refractivity contribution in [2.75, 3.05) is 38.7 Å². The van der Waals surface area contributed by atoms with Crippen LogP contribution in [0.1, 0.15) is 33.2 Å². The summed E-state index contributed by atoms with van der Waals surface area (Å²) in [5.41, 5.74) is 1.65. The Morgan fingerprint density at radius 3 is 2.79 bits per heavy atom. The minimum Gasteiger partial charge on any atom is -0.451 e. The number of amides is 1. The fraction of sp³-hybridized carbons (Fsp3) is 0.296. The fourth-order valence-electron chi connectivity index (χ4n) is 5.28. The third kappa shape index (κ3) is 4.29. The molecule has 3 aliphatic rings. The van der Waals surface area contributed by atoms with Gasteiger partial charge in [0.2, 0.25) is 18.0 Å². The van der Waals surface area contributed by atoms with Crippen LogP contribution in [0.5, 0.6) is 5.75 Å². The van der Waals surface area contributed by atoms with Gasteiger partial charge in [-0.05, 0) is 23.3 Å². The van der Waals surface area contributed by atoms with Crippen molar-refractivity contribution in [3.63, 3.8) is 0 Å². The first-order valence-corrected chi connectivity index (χ1v) is 13.2. The van der Waals surface area contributed by atoms with E-state index >= 15 is 4.39 Å². The molecule has 1 saturated heterocycles. The molecule has 0 spiro atoms. The summed E-state index contributed by atoms with van der Waals surface area (Å²) in [6.07, 6.45) is -0.0419. The first-order chi connectivity index (χ1) is 19.0. The maximum atomic E-state index is 15.2. The van der Waals surface area contributed by atoms with E-state index in [9.17, 15) is 14.4 Å². The van der Waals surface area contributed by atoms with Crippen LogP contribution in [0.15, 0.2) is 64.4 Å². The van der Waals surface area contributed by atoms with Gasteiger partial charge in [0.05, 0.1) is 26.4 Å². The van der Waals surface area contributed by atoms with Crippen molar-refractivity contribution >= 4 is 23.8 Å². The fourth-order valence-corrected chi connectivity index (χ4v) is 6.40. The van der Waals surface area contributed by atoms with Gasteiger partial charge < -0.3 is 23.8 Å². The lowest BCUT2D eigenvalue weighted by Gasteiger charge is -2.51. The summed E-state index contributed by atoms with van der Waals surface area (Å²) in [7, 11) is 1.14. The monoisotopic (exact) mass is 553 g/mol. The number of carbonyl (C=O) groups is 2. The summed E-state index contributed by atoms with van der Waals surface area (Å²) in [4.78, 5) is 40.8. The van der Waals surface area contributed by atoms with Gasteiger partial charge in [0, 0.05) is 35.0 Å². The van der Waals surface area contributed by atoms with Crippen molar-refractivity contribution < 1.29 is 32.9 Å². The van der Waals surface area contributed by atoms with Gasteiger partial charge in [-0.15, -0.1) is 11.8 Å². The van der Waals surface area contributed by atoms with Crippen LogP contribution in [0.2, 0.25) is 0 Å². The van der Waals surface area contributed by atoms with Crippen LogP contribution in [0.3, 0.4) is 0 Å². The second kappa shape index (κ2) is 10.3. The predicted molar refractivity (Wildman–Crippen MR) is 138 cm³/mol. The number of nitrogens with zero attached hydrogens (tertiary/aromatic N) is 3. The summed E-state index contributed by atoms with van der Waals surface area (Å²) in [6.45, 7) is 0.169. The highest BCUT2D eigenvalue weighted by atomic mass is 32.2. The smallest absolute Gasteiger partial charge is 0.451 e. The van der Waals surface area contributed by atoms with Crippen molar-refractivity contribution in [1.82, 2.24) is 9.58 Å². The van der Waals surface area contributed by atoms with Gasteiger partial charge in [-0.25, -0.2) is 9.18 Å². The maximum absolute atomic E-state index is 15.2. The minimum atomic E-state index is -0.993. The normalized spacial score (nSPS) is 19.7. The van der Waals surface area contributed by atoms with E-state index in [2.05, 4.69) is 4.74 Å². The molecule has 39 heavy (non-hydrogen) atoms. The Morgan fingerprint density at radius 1 is 1.13 bits per heavy atom. The van der Waals surface area contributed by atoms with E-state index in [1.54, 1.807) is 27.4 Å². The number of ether oxygens (including phenoxy) is 4. The Balaban J connectivity index is 1.57. The van der Waals surface area contributed by atoms with Crippen molar-refractivity contribution in [2.45, 2.75) is 22.9 Å². The molecule has 4 heterocycles. The lowest BCUT2D eigenvalue weighted by Crippen LogP contribution is -2.66. The van der Waals surface area contributed by atoms with Gasteiger partial charge in [-0.3, -0.25) is 19.3 Å². The molecule has 3 aromatic rings. The van der Waals surface area contributed by atoms with Crippen LogP contribution in [0.25, 0.3) is 0 Å². The number of thioether (sulfide) groups is 1. The van der Waals surface area contributed by atoms with Crippen molar-refractivity contribution in [3.05, 3.63) is 93.2 Å². The van der Waals surface area contributed by atoms with E-state index in [0.29, 0.717) is 17.9 Å². The average molecular weight is 554 g/mol. The highest BCUT2D eigenvalue weighted by Gasteiger charge is 2.46. The molecule has 0 radical (unpaired) electrons. The number of hydrogen-bond acceptors (Lipinski definition) is 9. The van der Waals surface area contributed by atoms with Crippen molar-refractivity contribution in [2.24, 2.45) is 0 Å². The zero-order valence-electron chi connectivity index (χ0n) is 20.9. The Morgan fingerprint density at radius 2 is 1.95 bits per heavy atom. The van der Waals surface area contributed by atoms with Gasteiger partial charge in [-0.2, -0.15) is 0 Å². The number of methoxy groups -OCH3 is 1. The summed E-state index contributed by atoms with van der Waals surface area (Å²) < 4.78 is 37.4. The molecule has 1 amide bonds. The van der Waals surface area contributed by atoms with Crippen LogP contribution in [-0.2, 0) is 20.0 Å². The minimum absolute atomic E-state index is 0.0264. The Hall–Kier alpha value is -4.03. The standard InChI is InChI=1S/C27H24FN3O7S/c1-35-27(34)38-15-37-25-20(32)9-10-30-24(25)26(33)29-11-12-36-13-22(29)31(30)23-16-6-4-7-19(28)18(16)14-39-21-8-3-2-5-17(21)23/h2-10,22-23H,11-15H2,1H3/t22-,23+/m1/s1. The zero-order chi connectivity index (χ0) is 27.1. The number of morpholine rings is 1. The zero-order valence-corrected chi connectivity index (χ0v) is 21.7. The molecule has 2 aromatic carbocycles. The first kappa shape index (κ1) is 25.3. The Bertz CT molecular complexity index is 1510. The lowest BCUT2D eigenvalue weighted by atomic mass is 9.93. The van der Waals surface area contributed by atoms with Gasteiger partial charge in [0.25, 0.3) is 5.91 Å². The molecule has 0 bridgehead atoms. The molecule has 0 saturated carbocycles. The van der Waals surface area contributed by atoms with Crippen LogP contribution < -0.4 is 15.2 Å². The van der Waals surface area contributed by atoms with Gasteiger partial charge in [0.1, 0.15) is 12.0 Å². The highest BCUT2D eigenvalue weighted by Crippen LogP contribution is 2.44. The molecular weight excluding hydrogens is 529 g/mol. The van der Waals surface area contributed by atoms with Crippen molar-refractivity contribution in [3.8, 4) is 5.75 Å². The Labute approximate surface area is 226 Å². The molecule has 0 N–H and O–H groups in total.